The van der Waals surface area contributed by atoms with Crippen LogP contribution in [0.2, 0.25) is 5.02 Å². The number of ether oxygens (including phenoxy) is 2. The molecule has 0 bridgehead atoms. The molecule has 0 saturated carbocycles. The third kappa shape index (κ3) is 8.81. The van der Waals surface area contributed by atoms with E-state index in [1.165, 1.54) is 38.9 Å². The van der Waals surface area contributed by atoms with Gasteiger partial charge in [-0.15, -0.1) is 0 Å². The normalized spacial score (nSPS) is 14.1. The quantitative estimate of drug-likeness (QED) is 0.109. The summed E-state index contributed by atoms with van der Waals surface area (Å²) >= 11 is 10.6. The number of benzene rings is 3. The van der Waals surface area contributed by atoms with E-state index in [1.807, 2.05) is 37.4 Å². The number of aryl methyl sites for hydroxylation is 1. The SMILES string of the molecule is CC(CO)NCc1cc(Cl)c(OCc2cccc(-c3cccc4c3cnn4CCCCN3CCCC3)c2Br)cc1OCCCC#N. The molecule has 2 heterocycles. The van der Waals surface area contributed by atoms with Gasteiger partial charge in [-0.3, -0.25) is 4.68 Å². The van der Waals surface area contributed by atoms with E-state index in [9.17, 15) is 5.11 Å². The Hall–Kier alpha value is -3.13. The molecule has 244 valence electrons. The number of hydrogen-bond acceptors (Lipinski definition) is 7. The first-order valence-electron chi connectivity index (χ1n) is 16.2. The van der Waals surface area contributed by atoms with Crippen LogP contribution in [0.25, 0.3) is 22.0 Å². The molecule has 1 aliphatic heterocycles. The molecule has 4 aromatic rings. The van der Waals surface area contributed by atoms with E-state index in [-0.39, 0.29) is 12.6 Å². The second-order valence-corrected chi connectivity index (χ2v) is 13.1. The van der Waals surface area contributed by atoms with Gasteiger partial charge in [0.15, 0.2) is 0 Å². The Morgan fingerprint density at radius 1 is 1.02 bits per heavy atom. The van der Waals surface area contributed by atoms with Crippen LogP contribution in [-0.2, 0) is 19.7 Å². The first-order chi connectivity index (χ1) is 22.5. The maximum Gasteiger partial charge on any atom is 0.142 e. The van der Waals surface area contributed by atoms with Gasteiger partial charge in [0.2, 0.25) is 0 Å². The molecular formula is C36H43BrClN5O3. The van der Waals surface area contributed by atoms with Gasteiger partial charge in [0, 0.05) is 52.6 Å². The minimum Gasteiger partial charge on any atom is -0.493 e. The highest BCUT2D eigenvalue weighted by Gasteiger charge is 2.17. The molecule has 0 aliphatic carbocycles. The molecule has 0 spiro atoms. The number of aliphatic hydroxyl groups is 1. The van der Waals surface area contributed by atoms with Gasteiger partial charge >= 0.3 is 0 Å². The largest absolute Gasteiger partial charge is 0.493 e. The van der Waals surface area contributed by atoms with Crippen LogP contribution in [0.3, 0.4) is 0 Å². The van der Waals surface area contributed by atoms with E-state index < -0.39 is 0 Å². The first-order valence-corrected chi connectivity index (χ1v) is 17.4. The molecule has 0 amide bonds. The summed E-state index contributed by atoms with van der Waals surface area (Å²) in [5.41, 5.74) is 5.18. The zero-order valence-electron chi connectivity index (χ0n) is 26.5. The number of rotatable bonds is 17. The summed E-state index contributed by atoms with van der Waals surface area (Å²) in [4.78, 5) is 2.57. The van der Waals surface area contributed by atoms with Crippen molar-refractivity contribution in [2.45, 2.75) is 71.2 Å². The van der Waals surface area contributed by atoms with Gasteiger partial charge in [-0.1, -0.05) is 41.9 Å². The Balaban J connectivity index is 1.30. The lowest BCUT2D eigenvalue weighted by atomic mass is 10.00. The van der Waals surface area contributed by atoms with Crippen molar-refractivity contribution in [3.05, 3.63) is 75.4 Å². The topological polar surface area (TPSA) is 95.6 Å². The summed E-state index contributed by atoms with van der Waals surface area (Å²) in [7, 11) is 0. The average molecular weight is 709 g/mol. The van der Waals surface area contributed by atoms with Crippen LogP contribution in [-0.4, -0.2) is 58.7 Å². The Bertz CT molecular complexity index is 1630. The van der Waals surface area contributed by atoms with Crippen molar-refractivity contribution in [3.8, 4) is 28.7 Å². The monoisotopic (exact) mass is 707 g/mol. The average Bonchev–Trinajstić information content (AvgIpc) is 3.75. The van der Waals surface area contributed by atoms with Crippen molar-refractivity contribution in [3.63, 3.8) is 0 Å². The van der Waals surface area contributed by atoms with E-state index >= 15 is 0 Å². The van der Waals surface area contributed by atoms with Crippen LogP contribution in [0, 0.1) is 11.3 Å². The fourth-order valence-corrected chi connectivity index (χ4v) is 6.65. The van der Waals surface area contributed by atoms with Crippen LogP contribution in [0.4, 0.5) is 0 Å². The number of likely N-dealkylation sites (tertiary alicyclic amines) is 1. The molecule has 2 N–H and O–H groups in total. The minimum absolute atomic E-state index is 0.0248. The van der Waals surface area contributed by atoms with Gasteiger partial charge in [0.25, 0.3) is 0 Å². The molecule has 5 rings (SSSR count). The zero-order valence-corrected chi connectivity index (χ0v) is 28.8. The number of nitrogens with one attached hydrogen (secondary N) is 1. The summed E-state index contributed by atoms with van der Waals surface area (Å²) in [5, 5.41) is 28.0. The maximum atomic E-state index is 9.42. The van der Waals surface area contributed by atoms with Gasteiger partial charge in [0.1, 0.15) is 18.1 Å². The van der Waals surface area contributed by atoms with Crippen LogP contribution in [0.5, 0.6) is 11.5 Å². The van der Waals surface area contributed by atoms with E-state index in [1.54, 1.807) is 0 Å². The summed E-state index contributed by atoms with van der Waals surface area (Å²) in [6, 6.07) is 18.3. The lowest BCUT2D eigenvalue weighted by Gasteiger charge is -2.18. The molecule has 1 saturated heterocycles. The van der Waals surface area contributed by atoms with Gasteiger partial charge in [-0.05, 0) is 97.9 Å². The number of halogens is 2. The van der Waals surface area contributed by atoms with Crippen molar-refractivity contribution in [2.75, 3.05) is 32.8 Å². The van der Waals surface area contributed by atoms with Crippen LogP contribution in [0.1, 0.15) is 56.6 Å². The van der Waals surface area contributed by atoms with Gasteiger partial charge in [-0.25, -0.2) is 0 Å². The molecule has 0 radical (unpaired) electrons. The third-order valence-electron chi connectivity index (χ3n) is 8.45. The summed E-state index contributed by atoms with van der Waals surface area (Å²) in [5.74, 6) is 1.16. The summed E-state index contributed by atoms with van der Waals surface area (Å²) in [6.07, 6.45) is 8.00. The predicted molar refractivity (Wildman–Crippen MR) is 187 cm³/mol. The number of nitriles is 1. The molecule has 8 nitrogen and oxygen atoms in total. The Labute approximate surface area is 285 Å². The molecule has 1 aliphatic rings. The van der Waals surface area contributed by atoms with Crippen molar-refractivity contribution >= 4 is 38.4 Å². The van der Waals surface area contributed by atoms with Gasteiger partial charge in [0.05, 0.1) is 36.0 Å². The Morgan fingerprint density at radius 3 is 2.61 bits per heavy atom. The highest BCUT2D eigenvalue weighted by Crippen LogP contribution is 2.38. The molecule has 3 aromatic carbocycles. The Morgan fingerprint density at radius 2 is 1.80 bits per heavy atom. The highest BCUT2D eigenvalue weighted by molar-refractivity contribution is 9.10. The predicted octanol–water partition coefficient (Wildman–Crippen LogP) is 7.73. The smallest absolute Gasteiger partial charge is 0.142 e. The fraction of sp³-hybridized carbons (Fsp3) is 0.444. The Kier molecular flexibility index (Phi) is 12.8. The molecule has 10 heteroatoms. The van der Waals surface area contributed by atoms with Crippen molar-refractivity contribution in [2.24, 2.45) is 0 Å². The number of hydrogen-bond donors (Lipinski definition) is 2. The van der Waals surface area contributed by atoms with Crippen molar-refractivity contribution in [1.29, 1.82) is 5.26 Å². The highest BCUT2D eigenvalue weighted by atomic mass is 79.9. The second-order valence-electron chi connectivity index (χ2n) is 11.9. The first kappa shape index (κ1) is 34.2. The van der Waals surface area contributed by atoms with Crippen molar-refractivity contribution in [1.82, 2.24) is 20.0 Å². The number of fused-ring (bicyclic) bond motifs is 1. The summed E-state index contributed by atoms with van der Waals surface area (Å²) < 4.78 is 15.4. The molecule has 1 aromatic heterocycles. The van der Waals surface area contributed by atoms with Crippen LogP contribution < -0.4 is 14.8 Å². The van der Waals surface area contributed by atoms with Gasteiger partial charge in [-0.2, -0.15) is 10.4 Å². The van der Waals surface area contributed by atoms with E-state index in [0.29, 0.717) is 49.1 Å². The van der Waals surface area contributed by atoms with E-state index in [2.05, 4.69) is 61.2 Å². The lowest BCUT2D eigenvalue weighted by Crippen LogP contribution is -2.28. The minimum atomic E-state index is -0.0735. The van der Waals surface area contributed by atoms with Crippen molar-refractivity contribution < 1.29 is 14.6 Å². The molecule has 1 fully saturated rings. The maximum absolute atomic E-state index is 9.42. The number of aromatic nitrogens is 2. The molecule has 46 heavy (non-hydrogen) atoms. The standard InChI is InChI=1S/C36H43BrClN5O3/c1-26(24-44)40-22-28-20-32(38)35(21-34(28)45-19-7-2-14-39)46-25-27-10-8-12-30(36(27)37)29-11-9-13-33-31(29)23-41-43(33)18-6-5-17-42-15-3-4-16-42/h8-13,20-21,23,26,40,44H,2-7,15-19,22,24-25H2,1H3. The third-order valence-corrected chi connectivity index (χ3v) is 9.68. The number of unbranched alkanes of at least 4 members (excludes halogenated alkanes) is 2. The lowest BCUT2D eigenvalue weighted by molar-refractivity contribution is 0.249. The van der Waals surface area contributed by atoms with Crippen LogP contribution >= 0.6 is 27.5 Å². The van der Waals surface area contributed by atoms with Gasteiger partial charge < -0.3 is 24.8 Å². The number of nitrogens with zero attached hydrogens (tertiary/aromatic N) is 4. The molecule has 1 atom stereocenters. The number of aliphatic hydroxyl groups excluding tert-OH is 1. The van der Waals surface area contributed by atoms with Crippen LogP contribution in [0.15, 0.2) is 59.2 Å². The molecular weight excluding hydrogens is 666 g/mol. The zero-order chi connectivity index (χ0) is 32.3. The fourth-order valence-electron chi connectivity index (χ4n) is 5.82. The second kappa shape index (κ2) is 17.1. The summed E-state index contributed by atoms with van der Waals surface area (Å²) in [6.45, 7) is 7.70. The molecule has 1 unspecified atom stereocenters. The van der Waals surface area contributed by atoms with E-state index in [0.717, 1.165) is 50.6 Å². The van der Waals surface area contributed by atoms with E-state index in [4.69, 9.17) is 31.4 Å².